The standard InChI is InChI=1S/C22H24N2O4/c1-14(23-15(2)25)12-26-19-9-10-20-21(11-19)28-22(24-20)17-5-7-18(8-6-17)27-13-16-3-4-16/h5-11,14,16H,3-4,12-13H2,1-2H3,(H,23,25)/t14-/m0/s1. The summed E-state index contributed by atoms with van der Waals surface area (Å²) in [5.74, 6) is 2.77. The molecule has 6 heteroatoms. The molecule has 1 saturated carbocycles. The minimum Gasteiger partial charge on any atom is -0.493 e. The van der Waals surface area contributed by atoms with Crippen LogP contribution in [0.1, 0.15) is 26.7 Å². The molecule has 146 valence electrons. The van der Waals surface area contributed by atoms with Gasteiger partial charge in [-0.05, 0) is 62.1 Å². The number of fused-ring (bicyclic) bond motifs is 1. The molecule has 0 aliphatic heterocycles. The van der Waals surface area contributed by atoms with Crippen LogP contribution in [0.15, 0.2) is 46.9 Å². The number of nitrogens with one attached hydrogen (secondary N) is 1. The average Bonchev–Trinajstić information content (AvgIpc) is 3.41. The number of aromatic nitrogens is 1. The monoisotopic (exact) mass is 380 g/mol. The highest BCUT2D eigenvalue weighted by Gasteiger charge is 2.21. The first kappa shape index (κ1) is 18.3. The smallest absolute Gasteiger partial charge is 0.227 e. The van der Waals surface area contributed by atoms with Crippen LogP contribution in [0.4, 0.5) is 0 Å². The molecule has 3 aromatic rings. The van der Waals surface area contributed by atoms with Gasteiger partial charge in [0.1, 0.15) is 23.6 Å². The fraction of sp³-hybridized carbons (Fsp3) is 0.364. The predicted molar refractivity (Wildman–Crippen MR) is 106 cm³/mol. The molecule has 0 unspecified atom stereocenters. The van der Waals surface area contributed by atoms with Gasteiger partial charge < -0.3 is 19.2 Å². The summed E-state index contributed by atoms with van der Waals surface area (Å²) in [7, 11) is 0. The Bertz CT molecular complexity index is 960. The number of amides is 1. The second-order valence-electron chi connectivity index (χ2n) is 7.34. The number of carbonyl (C=O) groups excluding carboxylic acids is 1. The third-order valence-electron chi connectivity index (χ3n) is 4.59. The van der Waals surface area contributed by atoms with Crippen LogP contribution < -0.4 is 14.8 Å². The van der Waals surface area contributed by atoms with Crippen molar-refractivity contribution in [1.29, 1.82) is 0 Å². The van der Waals surface area contributed by atoms with Crippen molar-refractivity contribution in [3.05, 3.63) is 42.5 Å². The second-order valence-corrected chi connectivity index (χ2v) is 7.34. The Kier molecular flexibility index (Phi) is 5.19. The first-order valence-electron chi connectivity index (χ1n) is 9.60. The molecular weight excluding hydrogens is 356 g/mol. The van der Waals surface area contributed by atoms with E-state index in [1.165, 1.54) is 19.8 Å². The fourth-order valence-corrected chi connectivity index (χ4v) is 2.92. The van der Waals surface area contributed by atoms with Crippen molar-refractivity contribution < 1.29 is 18.7 Å². The zero-order chi connectivity index (χ0) is 19.5. The summed E-state index contributed by atoms with van der Waals surface area (Å²) < 4.78 is 17.4. The normalized spacial score (nSPS) is 14.6. The second kappa shape index (κ2) is 7.92. The van der Waals surface area contributed by atoms with E-state index in [0.717, 1.165) is 29.4 Å². The molecule has 1 aromatic heterocycles. The lowest BCUT2D eigenvalue weighted by molar-refractivity contribution is -0.119. The average molecular weight is 380 g/mol. The maximum atomic E-state index is 11.1. The van der Waals surface area contributed by atoms with Gasteiger partial charge in [-0.3, -0.25) is 4.79 Å². The maximum absolute atomic E-state index is 11.1. The molecule has 0 spiro atoms. The highest BCUT2D eigenvalue weighted by molar-refractivity contribution is 5.77. The van der Waals surface area contributed by atoms with E-state index < -0.39 is 0 Å². The van der Waals surface area contributed by atoms with Crippen LogP contribution in [0.2, 0.25) is 0 Å². The highest BCUT2D eigenvalue weighted by Crippen LogP contribution is 2.31. The zero-order valence-corrected chi connectivity index (χ0v) is 16.1. The summed E-state index contributed by atoms with van der Waals surface area (Å²) in [4.78, 5) is 15.6. The Morgan fingerprint density at radius 2 is 1.93 bits per heavy atom. The Morgan fingerprint density at radius 3 is 2.64 bits per heavy atom. The van der Waals surface area contributed by atoms with Crippen LogP contribution in [0.5, 0.6) is 11.5 Å². The molecule has 0 bridgehead atoms. The van der Waals surface area contributed by atoms with Gasteiger partial charge in [0.15, 0.2) is 5.58 Å². The number of rotatable bonds is 8. The molecular formula is C22H24N2O4. The van der Waals surface area contributed by atoms with Crippen molar-refractivity contribution >= 4 is 17.0 Å². The van der Waals surface area contributed by atoms with Gasteiger partial charge in [0.2, 0.25) is 11.8 Å². The van der Waals surface area contributed by atoms with E-state index in [1.807, 2.05) is 49.4 Å². The number of nitrogens with zero attached hydrogens (tertiary/aromatic N) is 1. The lowest BCUT2D eigenvalue weighted by Crippen LogP contribution is -2.35. The number of carbonyl (C=O) groups is 1. The zero-order valence-electron chi connectivity index (χ0n) is 16.1. The molecule has 4 rings (SSSR count). The quantitative estimate of drug-likeness (QED) is 0.634. The number of ether oxygens (including phenoxy) is 2. The van der Waals surface area contributed by atoms with Crippen molar-refractivity contribution in [2.24, 2.45) is 5.92 Å². The van der Waals surface area contributed by atoms with E-state index in [-0.39, 0.29) is 11.9 Å². The summed E-state index contributed by atoms with van der Waals surface area (Å²) in [5, 5.41) is 2.79. The van der Waals surface area contributed by atoms with E-state index in [1.54, 1.807) is 0 Å². The van der Waals surface area contributed by atoms with Gasteiger partial charge in [0.25, 0.3) is 0 Å². The molecule has 1 atom stereocenters. The van der Waals surface area contributed by atoms with Crippen LogP contribution in [0.25, 0.3) is 22.6 Å². The number of oxazole rings is 1. The van der Waals surface area contributed by atoms with Crippen molar-refractivity contribution in [2.45, 2.75) is 32.7 Å². The van der Waals surface area contributed by atoms with Crippen molar-refractivity contribution in [2.75, 3.05) is 13.2 Å². The van der Waals surface area contributed by atoms with Gasteiger partial charge in [-0.2, -0.15) is 0 Å². The van der Waals surface area contributed by atoms with Gasteiger partial charge in [-0.15, -0.1) is 0 Å². The molecule has 1 amide bonds. The number of hydrogen-bond acceptors (Lipinski definition) is 5. The minimum atomic E-state index is -0.0737. The van der Waals surface area contributed by atoms with Crippen molar-refractivity contribution in [3.63, 3.8) is 0 Å². The minimum absolute atomic E-state index is 0.0702. The molecule has 6 nitrogen and oxygen atoms in total. The van der Waals surface area contributed by atoms with Crippen LogP contribution >= 0.6 is 0 Å². The predicted octanol–water partition coefficient (Wildman–Crippen LogP) is 4.19. The maximum Gasteiger partial charge on any atom is 0.227 e. The number of hydrogen-bond donors (Lipinski definition) is 1. The van der Waals surface area contributed by atoms with Crippen LogP contribution in [-0.4, -0.2) is 30.1 Å². The van der Waals surface area contributed by atoms with E-state index >= 15 is 0 Å². The Balaban J connectivity index is 1.43. The van der Waals surface area contributed by atoms with Gasteiger partial charge in [0, 0.05) is 18.6 Å². The molecule has 1 N–H and O–H groups in total. The summed E-state index contributed by atoms with van der Waals surface area (Å²) in [6.07, 6.45) is 2.55. The fourth-order valence-electron chi connectivity index (χ4n) is 2.92. The van der Waals surface area contributed by atoms with Gasteiger partial charge >= 0.3 is 0 Å². The van der Waals surface area contributed by atoms with Gasteiger partial charge in [-0.1, -0.05) is 0 Å². The first-order valence-corrected chi connectivity index (χ1v) is 9.60. The Labute approximate surface area is 163 Å². The molecule has 0 saturated heterocycles. The first-order chi connectivity index (χ1) is 13.6. The highest BCUT2D eigenvalue weighted by atomic mass is 16.5. The Morgan fingerprint density at radius 1 is 1.18 bits per heavy atom. The van der Waals surface area contributed by atoms with E-state index in [0.29, 0.717) is 23.8 Å². The summed E-state index contributed by atoms with van der Waals surface area (Å²) in [5.41, 5.74) is 2.33. The van der Waals surface area contributed by atoms with Crippen molar-refractivity contribution in [3.8, 4) is 23.0 Å². The SMILES string of the molecule is CC(=O)N[C@@H](C)COc1ccc2nc(-c3ccc(OCC4CC4)cc3)oc2c1. The third-order valence-corrected chi connectivity index (χ3v) is 4.59. The molecule has 1 aliphatic carbocycles. The summed E-state index contributed by atoms with van der Waals surface area (Å²) in [6.45, 7) is 4.56. The molecule has 2 aromatic carbocycles. The molecule has 0 radical (unpaired) electrons. The topological polar surface area (TPSA) is 73.6 Å². The summed E-state index contributed by atoms with van der Waals surface area (Å²) in [6, 6.07) is 13.3. The lowest BCUT2D eigenvalue weighted by Gasteiger charge is -2.13. The number of benzene rings is 2. The molecule has 1 heterocycles. The van der Waals surface area contributed by atoms with Crippen LogP contribution in [-0.2, 0) is 4.79 Å². The van der Waals surface area contributed by atoms with Crippen LogP contribution in [0.3, 0.4) is 0 Å². The van der Waals surface area contributed by atoms with Gasteiger partial charge in [-0.25, -0.2) is 4.98 Å². The lowest BCUT2D eigenvalue weighted by atomic mass is 10.2. The molecule has 28 heavy (non-hydrogen) atoms. The summed E-state index contributed by atoms with van der Waals surface area (Å²) >= 11 is 0. The molecule has 1 fully saturated rings. The third kappa shape index (κ3) is 4.63. The van der Waals surface area contributed by atoms with E-state index in [4.69, 9.17) is 13.9 Å². The van der Waals surface area contributed by atoms with Gasteiger partial charge in [0.05, 0.1) is 12.6 Å². The Hall–Kier alpha value is -3.02. The van der Waals surface area contributed by atoms with Crippen LogP contribution in [0, 0.1) is 5.92 Å². The van der Waals surface area contributed by atoms with E-state index in [2.05, 4.69) is 10.3 Å². The van der Waals surface area contributed by atoms with E-state index in [9.17, 15) is 4.79 Å². The van der Waals surface area contributed by atoms with Crippen molar-refractivity contribution in [1.82, 2.24) is 10.3 Å². The largest absolute Gasteiger partial charge is 0.493 e. The molecule has 1 aliphatic rings.